The average Bonchev–Trinajstić information content (AvgIpc) is 3.22. The van der Waals surface area contributed by atoms with Crippen LogP contribution < -0.4 is 0 Å². The molecule has 3 aliphatic rings. The van der Waals surface area contributed by atoms with Crippen LogP contribution in [0.25, 0.3) is 0 Å². The second-order valence-electron chi connectivity index (χ2n) is 7.44. The molecule has 20 heavy (non-hydrogen) atoms. The van der Waals surface area contributed by atoms with Crippen LogP contribution >= 0.6 is 0 Å². The molecule has 2 fully saturated rings. The Labute approximate surface area is 122 Å². The number of aryl methyl sites for hydroxylation is 2. The summed E-state index contributed by atoms with van der Waals surface area (Å²) in [6.07, 6.45) is 9.27. The zero-order valence-corrected chi connectivity index (χ0v) is 12.9. The third-order valence-electron chi connectivity index (χ3n) is 6.41. The Hall–Kier alpha value is -0.820. The Kier molecular flexibility index (Phi) is 2.79. The topological polar surface area (TPSA) is 12.5 Å². The molecule has 1 aliphatic heterocycles. The van der Waals surface area contributed by atoms with E-state index >= 15 is 0 Å². The lowest BCUT2D eigenvalue weighted by Gasteiger charge is -2.46. The Morgan fingerprint density at radius 2 is 2.15 bits per heavy atom. The van der Waals surface area contributed by atoms with Crippen LogP contribution in [0.4, 0.5) is 0 Å². The van der Waals surface area contributed by atoms with Crippen molar-refractivity contribution in [2.24, 2.45) is 5.92 Å². The van der Waals surface area contributed by atoms with Gasteiger partial charge in [-0.2, -0.15) is 0 Å². The number of rotatable bonds is 1. The van der Waals surface area contributed by atoms with Gasteiger partial charge in [-0.15, -0.1) is 0 Å². The maximum atomic E-state index is 5.82. The van der Waals surface area contributed by atoms with Crippen LogP contribution in [0, 0.1) is 12.8 Å². The van der Waals surface area contributed by atoms with Crippen LogP contribution in [-0.2, 0) is 16.6 Å². The molecule has 0 radical (unpaired) electrons. The van der Waals surface area contributed by atoms with Gasteiger partial charge >= 0.3 is 0 Å². The quantitative estimate of drug-likeness (QED) is 0.682. The highest BCUT2D eigenvalue weighted by Gasteiger charge is 2.56. The van der Waals surface area contributed by atoms with Gasteiger partial charge in [0.2, 0.25) is 0 Å². The Bertz CT molecular complexity index is 529. The molecule has 1 saturated heterocycles. The second-order valence-corrected chi connectivity index (χ2v) is 7.44. The van der Waals surface area contributed by atoms with E-state index < -0.39 is 0 Å². The van der Waals surface area contributed by atoms with E-state index in [1.807, 2.05) is 0 Å². The average molecular weight is 270 g/mol. The van der Waals surface area contributed by atoms with Crippen molar-refractivity contribution in [1.82, 2.24) is 0 Å². The van der Waals surface area contributed by atoms with Crippen molar-refractivity contribution in [2.45, 2.75) is 69.8 Å². The van der Waals surface area contributed by atoms with Crippen molar-refractivity contribution in [2.75, 3.05) is 6.61 Å². The van der Waals surface area contributed by atoms with Gasteiger partial charge in [0.05, 0.1) is 12.2 Å². The van der Waals surface area contributed by atoms with Crippen LogP contribution in [0.3, 0.4) is 0 Å². The summed E-state index contributed by atoms with van der Waals surface area (Å²) in [5.41, 5.74) is 5.49. The van der Waals surface area contributed by atoms with Crippen LogP contribution in [0.2, 0.25) is 0 Å². The summed E-state index contributed by atoms with van der Waals surface area (Å²) in [6, 6.07) is 7.24. The number of ether oxygens (including phenoxy) is 1. The summed E-state index contributed by atoms with van der Waals surface area (Å²) in [5.74, 6) is 0.840. The molecule has 0 N–H and O–H groups in total. The third-order valence-corrected chi connectivity index (χ3v) is 6.41. The van der Waals surface area contributed by atoms with Gasteiger partial charge in [0.25, 0.3) is 0 Å². The summed E-state index contributed by atoms with van der Waals surface area (Å²) >= 11 is 0. The largest absolute Gasteiger partial charge is 0.370 e. The smallest absolute Gasteiger partial charge is 0.0919 e. The van der Waals surface area contributed by atoms with Gasteiger partial charge < -0.3 is 4.74 Å². The minimum Gasteiger partial charge on any atom is -0.370 e. The highest BCUT2D eigenvalue weighted by molar-refractivity contribution is 5.40. The Balaban J connectivity index is 1.80. The fourth-order valence-electron chi connectivity index (χ4n) is 5.11. The van der Waals surface area contributed by atoms with E-state index in [1.165, 1.54) is 50.5 Å². The first-order valence-electron chi connectivity index (χ1n) is 8.41. The summed E-state index contributed by atoms with van der Waals surface area (Å²) in [7, 11) is 0. The van der Waals surface area contributed by atoms with E-state index in [2.05, 4.69) is 32.0 Å². The first-order valence-corrected chi connectivity index (χ1v) is 8.41. The molecule has 1 aromatic rings. The first kappa shape index (κ1) is 12.9. The van der Waals surface area contributed by atoms with Crippen molar-refractivity contribution < 1.29 is 4.74 Å². The van der Waals surface area contributed by atoms with E-state index in [0.717, 1.165) is 12.5 Å². The molecule has 1 heteroatoms. The van der Waals surface area contributed by atoms with Crippen molar-refractivity contribution in [3.63, 3.8) is 0 Å². The Morgan fingerprint density at radius 1 is 1.30 bits per heavy atom. The van der Waals surface area contributed by atoms with Gasteiger partial charge in [0.1, 0.15) is 0 Å². The maximum Gasteiger partial charge on any atom is 0.0919 e. The lowest BCUT2D eigenvalue weighted by Crippen LogP contribution is -2.42. The molecule has 4 rings (SSSR count). The molecule has 108 valence electrons. The van der Waals surface area contributed by atoms with E-state index in [4.69, 9.17) is 4.74 Å². The molecule has 0 unspecified atom stereocenters. The Morgan fingerprint density at radius 3 is 2.90 bits per heavy atom. The zero-order chi connectivity index (χ0) is 13.8. The molecular weight excluding hydrogens is 244 g/mol. The molecule has 1 nitrogen and oxygen atoms in total. The molecule has 3 atom stereocenters. The molecule has 0 amide bonds. The van der Waals surface area contributed by atoms with Crippen molar-refractivity contribution >= 4 is 0 Å². The molecule has 1 heterocycles. The normalized spacial score (nSPS) is 39.0. The van der Waals surface area contributed by atoms with Crippen LogP contribution in [0.5, 0.6) is 0 Å². The summed E-state index contributed by atoms with van der Waals surface area (Å²) in [4.78, 5) is 0. The lowest BCUT2D eigenvalue weighted by atomic mass is 9.58. The monoisotopic (exact) mass is 270 g/mol. The van der Waals surface area contributed by atoms with E-state index in [-0.39, 0.29) is 0 Å². The van der Waals surface area contributed by atoms with Gasteiger partial charge in [-0.1, -0.05) is 30.7 Å². The van der Waals surface area contributed by atoms with Crippen LogP contribution in [-0.4, -0.2) is 12.2 Å². The number of hydrogen-bond acceptors (Lipinski definition) is 1. The molecule has 1 spiro atoms. The molecule has 0 aromatic heterocycles. The van der Waals surface area contributed by atoms with Crippen LogP contribution in [0.1, 0.15) is 62.1 Å². The molecule has 0 bridgehead atoms. The van der Waals surface area contributed by atoms with E-state index in [0.29, 0.717) is 11.0 Å². The highest BCUT2D eigenvalue weighted by atomic mass is 16.6. The summed E-state index contributed by atoms with van der Waals surface area (Å²) in [5, 5.41) is 0. The summed E-state index contributed by atoms with van der Waals surface area (Å²) < 4.78 is 5.82. The SMILES string of the molecule is CC[C@@]12CC[C@]3(CO3)C[C@@H]1CCCc1cc(C)ccc12. The number of hydrogen-bond donors (Lipinski definition) is 0. The fourth-order valence-corrected chi connectivity index (χ4v) is 5.11. The lowest BCUT2D eigenvalue weighted by molar-refractivity contribution is 0.0969. The van der Waals surface area contributed by atoms with E-state index in [1.54, 1.807) is 11.1 Å². The van der Waals surface area contributed by atoms with Gasteiger partial charge in [-0.3, -0.25) is 0 Å². The van der Waals surface area contributed by atoms with Crippen molar-refractivity contribution in [3.05, 3.63) is 34.9 Å². The molecule has 1 saturated carbocycles. The molecule has 1 aromatic carbocycles. The number of benzene rings is 1. The van der Waals surface area contributed by atoms with E-state index in [9.17, 15) is 0 Å². The van der Waals surface area contributed by atoms with Gasteiger partial charge in [0.15, 0.2) is 0 Å². The summed E-state index contributed by atoms with van der Waals surface area (Å²) in [6.45, 7) is 5.67. The third kappa shape index (κ3) is 1.79. The van der Waals surface area contributed by atoms with Gasteiger partial charge in [0, 0.05) is 0 Å². The fraction of sp³-hybridized carbons (Fsp3) is 0.684. The predicted octanol–water partition coefficient (Wildman–Crippen LogP) is 4.55. The number of fused-ring (bicyclic) bond motifs is 3. The van der Waals surface area contributed by atoms with Crippen molar-refractivity contribution in [3.8, 4) is 0 Å². The standard InChI is InChI=1S/C19H26O/c1-3-19-10-9-18(13-20-18)12-16(19)6-4-5-15-11-14(2)7-8-17(15)19/h7-8,11,16H,3-6,9-10,12-13H2,1-2H3/t16-,18+,19+/m0/s1. The highest BCUT2D eigenvalue weighted by Crippen LogP contribution is 2.57. The van der Waals surface area contributed by atoms with Gasteiger partial charge in [-0.25, -0.2) is 0 Å². The predicted molar refractivity (Wildman–Crippen MR) is 82.1 cm³/mol. The second kappa shape index (κ2) is 4.34. The van der Waals surface area contributed by atoms with Gasteiger partial charge in [-0.05, 0) is 74.3 Å². The van der Waals surface area contributed by atoms with Crippen LogP contribution in [0.15, 0.2) is 18.2 Å². The maximum absolute atomic E-state index is 5.82. The van der Waals surface area contributed by atoms with Crippen molar-refractivity contribution in [1.29, 1.82) is 0 Å². The molecule has 2 aliphatic carbocycles. The zero-order valence-electron chi connectivity index (χ0n) is 12.9. The number of epoxide rings is 1. The minimum atomic E-state index is 0.304. The minimum absolute atomic E-state index is 0.304. The first-order chi connectivity index (χ1) is 9.67. The molecular formula is C19H26O.